The van der Waals surface area contributed by atoms with Crippen LogP contribution in [0.3, 0.4) is 0 Å². The SMILES string of the molecule is C=CCOc1ccc2c(c1)C1C(CCCCO)C(CCCCO)C=C3C(=O)CC(SCCc4cnccn4)C(OCC=C)(O2)C31. The Balaban J connectivity index is 1.61. The van der Waals surface area contributed by atoms with Crippen molar-refractivity contribution in [2.24, 2.45) is 17.8 Å². The molecule has 0 saturated heterocycles. The van der Waals surface area contributed by atoms with Gasteiger partial charge in [-0.1, -0.05) is 37.6 Å². The van der Waals surface area contributed by atoms with Crippen LogP contribution in [0.25, 0.3) is 0 Å². The summed E-state index contributed by atoms with van der Waals surface area (Å²) in [6.07, 6.45) is 16.8. The van der Waals surface area contributed by atoms with Gasteiger partial charge in [-0.3, -0.25) is 14.8 Å². The average molecular weight is 635 g/mol. The van der Waals surface area contributed by atoms with E-state index in [1.807, 2.05) is 12.1 Å². The molecule has 0 amide bonds. The number of hydrogen-bond acceptors (Lipinski definition) is 9. The third kappa shape index (κ3) is 7.38. The summed E-state index contributed by atoms with van der Waals surface area (Å²) in [7, 11) is 0. The van der Waals surface area contributed by atoms with Gasteiger partial charge in [-0.05, 0) is 61.5 Å². The molecule has 1 fully saturated rings. The van der Waals surface area contributed by atoms with Gasteiger partial charge < -0.3 is 24.4 Å². The number of aryl methyl sites for hydroxylation is 1. The molecule has 0 bridgehead atoms. The number of aliphatic hydroxyl groups excluding tert-OH is 2. The second kappa shape index (κ2) is 16.0. The van der Waals surface area contributed by atoms with E-state index in [0.29, 0.717) is 13.0 Å². The monoisotopic (exact) mass is 634 g/mol. The van der Waals surface area contributed by atoms with E-state index in [1.165, 1.54) is 0 Å². The number of carbonyl (C=O) groups excluding carboxylic acids is 1. The molecule has 2 aromatic rings. The molecule has 0 spiro atoms. The van der Waals surface area contributed by atoms with Crippen LogP contribution >= 0.6 is 11.8 Å². The molecule has 3 aliphatic rings. The zero-order valence-corrected chi connectivity index (χ0v) is 26.8. The van der Waals surface area contributed by atoms with Gasteiger partial charge >= 0.3 is 0 Å². The van der Waals surface area contributed by atoms with E-state index in [-0.39, 0.29) is 54.5 Å². The van der Waals surface area contributed by atoms with Crippen LogP contribution in [0.2, 0.25) is 0 Å². The van der Waals surface area contributed by atoms with Gasteiger partial charge in [0, 0.05) is 61.7 Å². The van der Waals surface area contributed by atoms with Crippen molar-refractivity contribution < 1.29 is 29.2 Å². The molecule has 1 saturated carbocycles. The maximum Gasteiger partial charge on any atom is 0.230 e. The minimum Gasteiger partial charge on any atom is -0.490 e. The van der Waals surface area contributed by atoms with Crippen LogP contribution in [0.15, 0.2) is 73.7 Å². The number of allylic oxidation sites excluding steroid dienone is 1. The molecule has 9 heteroatoms. The summed E-state index contributed by atoms with van der Waals surface area (Å²) >= 11 is 1.70. The first-order valence-corrected chi connectivity index (χ1v) is 17.3. The smallest absolute Gasteiger partial charge is 0.230 e. The van der Waals surface area contributed by atoms with E-state index in [0.717, 1.165) is 79.0 Å². The van der Waals surface area contributed by atoms with E-state index < -0.39 is 5.79 Å². The summed E-state index contributed by atoms with van der Waals surface area (Å²) < 4.78 is 19.8. The predicted octanol–water partition coefficient (Wildman–Crippen LogP) is 5.85. The van der Waals surface area contributed by atoms with Crippen LogP contribution in [0.1, 0.15) is 62.1 Å². The van der Waals surface area contributed by atoms with Crippen molar-refractivity contribution in [3.8, 4) is 11.5 Å². The first kappa shape index (κ1) is 33.4. The number of carbonyl (C=O) groups is 1. The summed E-state index contributed by atoms with van der Waals surface area (Å²) in [5, 5.41) is 19.0. The Morgan fingerprint density at radius 3 is 2.60 bits per heavy atom. The Hall–Kier alpha value is -2.98. The highest BCUT2D eigenvalue weighted by molar-refractivity contribution is 8.00. The van der Waals surface area contributed by atoms with Gasteiger partial charge in [0.15, 0.2) is 5.78 Å². The lowest BCUT2D eigenvalue weighted by atomic mass is 9.56. The minimum atomic E-state index is -1.08. The van der Waals surface area contributed by atoms with Gasteiger partial charge in [-0.25, -0.2) is 0 Å². The highest BCUT2D eigenvalue weighted by Gasteiger charge is 2.64. The van der Waals surface area contributed by atoms with E-state index in [1.54, 1.807) is 42.5 Å². The van der Waals surface area contributed by atoms with Crippen LogP contribution in [-0.4, -0.2) is 69.2 Å². The number of hydrogen-bond donors (Lipinski definition) is 2. The molecule has 2 aliphatic carbocycles. The number of ketones is 1. The molecule has 1 aliphatic heterocycles. The van der Waals surface area contributed by atoms with Crippen molar-refractivity contribution in [2.75, 3.05) is 32.2 Å². The zero-order chi connectivity index (χ0) is 31.6. The molecule has 5 rings (SSSR count). The van der Waals surface area contributed by atoms with Crippen molar-refractivity contribution in [1.82, 2.24) is 9.97 Å². The first-order valence-electron chi connectivity index (χ1n) is 16.2. The lowest BCUT2D eigenvalue weighted by molar-refractivity contribution is -0.227. The van der Waals surface area contributed by atoms with Crippen molar-refractivity contribution in [2.45, 2.75) is 68.3 Å². The quantitative estimate of drug-likeness (QED) is 0.154. The fourth-order valence-electron chi connectivity index (χ4n) is 7.38. The molecule has 6 unspecified atom stereocenters. The lowest BCUT2D eigenvalue weighted by Crippen LogP contribution is -2.64. The topological polar surface area (TPSA) is 111 Å². The molecule has 242 valence electrons. The number of nitrogens with zero attached hydrogens (tertiary/aromatic N) is 2. The number of aliphatic hydroxyl groups is 2. The summed E-state index contributed by atoms with van der Waals surface area (Å²) in [5.41, 5.74) is 2.73. The Morgan fingerprint density at radius 2 is 1.87 bits per heavy atom. The van der Waals surface area contributed by atoms with Crippen LogP contribution in [0.5, 0.6) is 11.5 Å². The fourth-order valence-corrected chi connectivity index (χ4v) is 8.75. The Morgan fingerprint density at radius 1 is 1.07 bits per heavy atom. The molecule has 45 heavy (non-hydrogen) atoms. The van der Waals surface area contributed by atoms with E-state index in [9.17, 15) is 15.0 Å². The first-order chi connectivity index (χ1) is 22.1. The predicted molar refractivity (Wildman–Crippen MR) is 176 cm³/mol. The molecular formula is C36H46N2O6S. The van der Waals surface area contributed by atoms with Gasteiger partial charge in [-0.15, -0.1) is 6.58 Å². The second-order valence-corrected chi connectivity index (χ2v) is 13.4. The molecule has 8 nitrogen and oxygen atoms in total. The number of aromatic nitrogens is 2. The maximum absolute atomic E-state index is 14.1. The van der Waals surface area contributed by atoms with Crippen LogP contribution < -0.4 is 9.47 Å². The largest absolute Gasteiger partial charge is 0.490 e. The molecule has 1 aromatic heterocycles. The summed E-state index contributed by atoms with van der Waals surface area (Å²) in [4.78, 5) is 22.8. The molecular weight excluding hydrogens is 588 g/mol. The van der Waals surface area contributed by atoms with E-state index >= 15 is 0 Å². The third-order valence-electron chi connectivity index (χ3n) is 9.26. The second-order valence-electron chi connectivity index (χ2n) is 12.0. The number of rotatable bonds is 18. The molecule has 6 atom stereocenters. The number of Topliss-reactive ketones (excluding diaryl/α,β-unsaturated/α-hetero) is 1. The normalized spacial score (nSPS) is 26.7. The summed E-state index contributed by atoms with van der Waals surface area (Å²) in [5.74, 6) is 1.25. The summed E-state index contributed by atoms with van der Waals surface area (Å²) in [6.45, 7) is 8.71. The van der Waals surface area contributed by atoms with Crippen molar-refractivity contribution >= 4 is 17.5 Å². The number of fused-ring (bicyclic) bond motifs is 2. The van der Waals surface area contributed by atoms with E-state index in [2.05, 4.69) is 35.3 Å². The van der Waals surface area contributed by atoms with Gasteiger partial charge in [0.1, 0.15) is 18.1 Å². The highest BCUT2D eigenvalue weighted by Crippen LogP contribution is 2.62. The number of benzene rings is 1. The Bertz CT molecular complexity index is 1340. The highest BCUT2D eigenvalue weighted by atomic mass is 32.2. The average Bonchev–Trinajstić information content (AvgIpc) is 3.06. The van der Waals surface area contributed by atoms with Gasteiger partial charge in [0.05, 0.1) is 23.5 Å². The molecule has 1 aromatic carbocycles. The molecule has 0 radical (unpaired) electrons. The van der Waals surface area contributed by atoms with Crippen LogP contribution in [-0.2, 0) is 16.0 Å². The van der Waals surface area contributed by atoms with Gasteiger partial charge in [-0.2, -0.15) is 11.8 Å². The number of unbranched alkanes of at least 4 members (excludes halogenated alkanes) is 2. The van der Waals surface area contributed by atoms with Crippen molar-refractivity contribution in [1.29, 1.82) is 0 Å². The summed E-state index contributed by atoms with van der Waals surface area (Å²) in [6, 6.07) is 5.97. The third-order valence-corrected chi connectivity index (χ3v) is 10.6. The van der Waals surface area contributed by atoms with Crippen LogP contribution in [0.4, 0.5) is 0 Å². The van der Waals surface area contributed by atoms with Crippen molar-refractivity contribution in [3.05, 3.63) is 85.0 Å². The molecule has 2 heterocycles. The standard InChI is InChI=1S/C36H46N2O6S/c1-3-18-42-27-11-12-32-30(22-27)34-28(10-6-8-17-40)25(9-5-7-16-39)21-29-31(41)23-33(36(44-32,35(29)34)43-19-4-2)45-20-13-26-24-37-14-15-38-26/h3-4,11-12,14-15,21-22,24-25,28,33-35,39-40H,1-2,5-10,13,16-20,23H2. The Kier molecular flexibility index (Phi) is 11.9. The van der Waals surface area contributed by atoms with Crippen LogP contribution in [0, 0.1) is 17.8 Å². The number of thioether (sulfide) groups is 1. The number of ether oxygens (including phenoxy) is 3. The fraction of sp³-hybridized carbons (Fsp3) is 0.528. The van der Waals surface area contributed by atoms with Gasteiger partial charge in [0.2, 0.25) is 5.79 Å². The maximum atomic E-state index is 14.1. The molecule has 2 N–H and O–H groups in total. The van der Waals surface area contributed by atoms with Crippen molar-refractivity contribution in [3.63, 3.8) is 0 Å². The lowest BCUT2D eigenvalue weighted by Gasteiger charge is -2.58. The van der Waals surface area contributed by atoms with Gasteiger partial charge in [0.25, 0.3) is 0 Å². The Labute approximate surface area is 271 Å². The van der Waals surface area contributed by atoms with E-state index in [4.69, 9.17) is 14.2 Å². The zero-order valence-electron chi connectivity index (χ0n) is 26.0. The minimum absolute atomic E-state index is 0.0593.